The van der Waals surface area contributed by atoms with E-state index in [0.29, 0.717) is 38.3 Å². The molecule has 5 rings (SSSR count). The van der Waals surface area contributed by atoms with Crippen molar-refractivity contribution in [1.82, 2.24) is 19.7 Å². The number of thiazole rings is 1. The molecule has 2 aromatic carbocycles. The highest BCUT2D eigenvalue weighted by atomic mass is 35.5. The fourth-order valence-electron chi connectivity index (χ4n) is 3.55. The summed E-state index contributed by atoms with van der Waals surface area (Å²) in [6.07, 6.45) is 3.94. The van der Waals surface area contributed by atoms with Crippen molar-refractivity contribution >= 4 is 57.3 Å². The lowest BCUT2D eigenvalue weighted by atomic mass is 10.1. The molecular weight excluding hydrogens is 537 g/mol. The van der Waals surface area contributed by atoms with Crippen molar-refractivity contribution < 1.29 is 9.21 Å². The molecule has 0 aliphatic rings. The van der Waals surface area contributed by atoms with Gasteiger partial charge in [-0.1, -0.05) is 59.2 Å². The van der Waals surface area contributed by atoms with Gasteiger partial charge in [-0.3, -0.25) is 9.36 Å². The van der Waals surface area contributed by atoms with Crippen LogP contribution < -0.4 is 5.32 Å². The third kappa shape index (κ3) is 5.49. The molecule has 1 amide bonds. The van der Waals surface area contributed by atoms with E-state index in [-0.39, 0.29) is 11.7 Å². The first-order valence-corrected chi connectivity index (χ1v) is 13.4. The van der Waals surface area contributed by atoms with Gasteiger partial charge in [0.25, 0.3) is 0 Å². The number of benzene rings is 2. The van der Waals surface area contributed by atoms with Gasteiger partial charge >= 0.3 is 0 Å². The fourth-order valence-corrected chi connectivity index (χ4v) is 5.62. The fraction of sp³-hybridized carbons (Fsp3) is 0.120. The first-order valence-electron chi connectivity index (χ1n) is 10.8. The Labute approximate surface area is 225 Å². The number of rotatable bonds is 8. The Kier molecular flexibility index (Phi) is 7.43. The number of hydrogen-bond acceptors (Lipinski definition) is 7. The van der Waals surface area contributed by atoms with Crippen LogP contribution >= 0.6 is 46.3 Å². The topological polar surface area (TPSA) is 85.8 Å². The van der Waals surface area contributed by atoms with Crippen LogP contribution in [0.4, 0.5) is 5.13 Å². The molecule has 3 heterocycles. The Bertz CT molecular complexity index is 1510. The molecule has 0 unspecified atom stereocenters. The van der Waals surface area contributed by atoms with E-state index in [4.69, 9.17) is 27.6 Å². The Balaban J connectivity index is 1.28. The van der Waals surface area contributed by atoms with E-state index in [9.17, 15) is 4.79 Å². The van der Waals surface area contributed by atoms with Crippen LogP contribution in [0.2, 0.25) is 10.0 Å². The third-order valence-corrected chi connectivity index (χ3v) is 7.67. The van der Waals surface area contributed by atoms with Crippen LogP contribution in [0.15, 0.2) is 76.6 Å². The van der Waals surface area contributed by atoms with Crippen molar-refractivity contribution in [3.63, 3.8) is 0 Å². The highest BCUT2D eigenvalue weighted by molar-refractivity contribution is 7.99. The predicted molar refractivity (Wildman–Crippen MR) is 145 cm³/mol. The zero-order valence-electron chi connectivity index (χ0n) is 18.9. The third-order valence-electron chi connectivity index (χ3n) is 5.24. The maximum Gasteiger partial charge on any atom is 0.236 e. The first kappa shape index (κ1) is 24.6. The van der Waals surface area contributed by atoms with Crippen LogP contribution in [0, 0.1) is 6.92 Å². The predicted octanol–water partition coefficient (Wildman–Crippen LogP) is 6.92. The summed E-state index contributed by atoms with van der Waals surface area (Å²) in [5, 5.41) is 13.8. The number of hydrogen-bond donors (Lipinski definition) is 1. The van der Waals surface area contributed by atoms with Gasteiger partial charge in [0.05, 0.1) is 17.7 Å². The summed E-state index contributed by atoms with van der Waals surface area (Å²) in [6, 6.07) is 17.0. The Hall–Kier alpha value is -3.11. The number of amides is 1. The largest absolute Gasteiger partial charge is 0.461 e. The van der Waals surface area contributed by atoms with Crippen molar-refractivity contribution in [2.45, 2.75) is 18.5 Å². The zero-order chi connectivity index (χ0) is 25.1. The van der Waals surface area contributed by atoms with Crippen LogP contribution in [0.3, 0.4) is 0 Å². The Morgan fingerprint density at radius 2 is 2.00 bits per heavy atom. The molecule has 36 heavy (non-hydrogen) atoms. The lowest BCUT2D eigenvalue weighted by molar-refractivity contribution is -0.113. The van der Waals surface area contributed by atoms with Crippen LogP contribution in [-0.2, 0) is 11.2 Å². The number of halogens is 2. The quantitative estimate of drug-likeness (QED) is 0.209. The summed E-state index contributed by atoms with van der Waals surface area (Å²) in [4.78, 5) is 18.0. The summed E-state index contributed by atoms with van der Waals surface area (Å²) in [6.45, 7) is 2.01. The molecule has 5 aromatic rings. The average Bonchev–Trinajstić information content (AvgIpc) is 3.61. The summed E-state index contributed by atoms with van der Waals surface area (Å²) >= 11 is 15.0. The van der Waals surface area contributed by atoms with E-state index in [1.165, 1.54) is 23.1 Å². The average molecular weight is 557 g/mol. The summed E-state index contributed by atoms with van der Waals surface area (Å²) in [7, 11) is 0. The van der Waals surface area contributed by atoms with Gasteiger partial charge in [0.2, 0.25) is 11.7 Å². The second-order valence-corrected chi connectivity index (χ2v) is 10.7. The molecule has 0 aliphatic heterocycles. The van der Waals surface area contributed by atoms with E-state index < -0.39 is 0 Å². The SMILES string of the molecule is Cc1ccccc1-n1c(SCC(=O)Nc2ncc(Cc3ccc(Cl)cc3Cl)s2)nnc1-c1ccco1. The van der Waals surface area contributed by atoms with Gasteiger partial charge in [-0.15, -0.1) is 21.5 Å². The van der Waals surface area contributed by atoms with E-state index in [0.717, 1.165) is 21.7 Å². The molecule has 3 aromatic heterocycles. The second-order valence-electron chi connectivity index (χ2n) is 7.79. The van der Waals surface area contributed by atoms with E-state index in [1.807, 2.05) is 47.9 Å². The van der Waals surface area contributed by atoms with Crippen LogP contribution in [-0.4, -0.2) is 31.4 Å². The molecular formula is C25H19Cl2N5O2S2. The smallest absolute Gasteiger partial charge is 0.236 e. The van der Waals surface area contributed by atoms with Gasteiger partial charge in [-0.05, 0) is 48.4 Å². The molecule has 1 N–H and O–H groups in total. The normalized spacial score (nSPS) is 11.1. The van der Waals surface area contributed by atoms with Crippen molar-refractivity contribution in [2.24, 2.45) is 0 Å². The minimum Gasteiger partial charge on any atom is -0.461 e. The number of carbonyl (C=O) groups is 1. The zero-order valence-corrected chi connectivity index (χ0v) is 22.1. The standard InChI is InChI=1S/C25H19Cl2N5O2S2/c1-15-5-2-3-6-20(15)32-23(21-7-4-10-34-21)30-31-25(32)35-14-22(33)29-24-28-13-18(36-24)11-16-8-9-17(26)12-19(16)27/h2-10,12-13H,11,14H2,1H3,(H,28,29,33). The van der Waals surface area contributed by atoms with E-state index >= 15 is 0 Å². The number of anilines is 1. The van der Waals surface area contributed by atoms with Crippen molar-refractivity contribution in [2.75, 3.05) is 11.1 Å². The van der Waals surface area contributed by atoms with Crippen molar-refractivity contribution in [1.29, 1.82) is 0 Å². The van der Waals surface area contributed by atoms with Crippen LogP contribution in [0.25, 0.3) is 17.3 Å². The monoisotopic (exact) mass is 555 g/mol. The minimum absolute atomic E-state index is 0.139. The summed E-state index contributed by atoms with van der Waals surface area (Å²) in [5.41, 5.74) is 2.91. The molecule has 0 saturated heterocycles. The highest BCUT2D eigenvalue weighted by Crippen LogP contribution is 2.30. The molecule has 0 bridgehead atoms. The summed E-state index contributed by atoms with van der Waals surface area (Å²) in [5.74, 6) is 1.12. The maximum atomic E-state index is 12.7. The molecule has 0 fully saturated rings. The maximum absolute atomic E-state index is 12.7. The number of carbonyl (C=O) groups excluding carboxylic acids is 1. The molecule has 182 valence electrons. The van der Waals surface area contributed by atoms with Gasteiger partial charge in [-0.2, -0.15) is 0 Å². The number of para-hydroxylation sites is 1. The molecule has 0 radical (unpaired) electrons. The molecule has 7 nitrogen and oxygen atoms in total. The van der Waals surface area contributed by atoms with Crippen molar-refractivity contribution in [3.8, 4) is 17.3 Å². The van der Waals surface area contributed by atoms with Crippen LogP contribution in [0.1, 0.15) is 16.0 Å². The van der Waals surface area contributed by atoms with E-state index in [1.54, 1.807) is 30.7 Å². The lowest BCUT2D eigenvalue weighted by Gasteiger charge is -2.11. The van der Waals surface area contributed by atoms with Crippen molar-refractivity contribution in [3.05, 3.63) is 93.1 Å². The van der Waals surface area contributed by atoms with Gasteiger partial charge in [0.1, 0.15) is 0 Å². The highest BCUT2D eigenvalue weighted by Gasteiger charge is 2.20. The number of furan rings is 1. The number of thioether (sulfide) groups is 1. The molecule has 0 atom stereocenters. The first-order chi connectivity index (χ1) is 17.5. The minimum atomic E-state index is -0.190. The summed E-state index contributed by atoms with van der Waals surface area (Å²) < 4.78 is 7.47. The van der Waals surface area contributed by atoms with E-state index in [2.05, 4.69) is 20.5 Å². The number of nitrogens with one attached hydrogen (secondary N) is 1. The van der Waals surface area contributed by atoms with Gasteiger partial charge in [0, 0.05) is 27.5 Å². The second kappa shape index (κ2) is 10.9. The number of aromatic nitrogens is 4. The van der Waals surface area contributed by atoms with Crippen LogP contribution in [0.5, 0.6) is 0 Å². The van der Waals surface area contributed by atoms with Gasteiger partial charge < -0.3 is 9.73 Å². The Morgan fingerprint density at radius 1 is 1.14 bits per heavy atom. The Morgan fingerprint density at radius 3 is 2.78 bits per heavy atom. The van der Waals surface area contributed by atoms with Gasteiger partial charge in [-0.25, -0.2) is 4.98 Å². The number of nitrogens with zero attached hydrogens (tertiary/aromatic N) is 4. The molecule has 0 saturated carbocycles. The molecule has 0 aliphatic carbocycles. The molecule has 11 heteroatoms. The lowest BCUT2D eigenvalue weighted by Crippen LogP contribution is -2.14. The van der Waals surface area contributed by atoms with Gasteiger partial charge in [0.15, 0.2) is 16.0 Å². The number of aryl methyl sites for hydroxylation is 1. The molecule has 0 spiro atoms.